The number of halogens is 2. The molecule has 0 radical (unpaired) electrons. The molecular weight excluding hydrogens is 272 g/mol. The Bertz CT molecular complexity index is 548. The van der Waals surface area contributed by atoms with E-state index in [0.29, 0.717) is 23.7 Å². The van der Waals surface area contributed by atoms with E-state index in [-0.39, 0.29) is 0 Å². The molecule has 0 aliphatic rings. The average molecular weight is 285 g/mol. The molecule has 102 valence electrons. The highest BCUT2D eigenvalue weighted by molar-refractivity contribution is 7.14. The second kappa shape index (κ2) is 6.65. The van der Waals surface area contributed by atoms with Gasteiger partial charge in [0, 0.05) is 25.8 Å². The van der Waals surface area contributed by atoms with Crippen LogP contribution in [0.25, 0.3) is 10.6 Å². The Morgan fingerprint density at radius 1 is 1.26 bits per heavy atom. The Labute approximate surface area is 113 Å². The Hall–Kier alpha value is -1.44. The molecule has 2 rings (SSSR count). The molecule has 0 saturated heterocycles. The Morgan fingerprint density at radius 2 is 2.11 bits per heavy atom. The Kier molecular flexibility index (Phi) is 4.89. The lowest BCUT2D eigenvalue weighted by Gasteiger charge is -1.99. The van der Waals surface area contributed by atoms with Crippen molar-refractivity contribution in [3.05, 3.63) is 34.8 Å². The standard InChI is InChI=1S/C12H13F2N3OS/c1-18-5-4-15-7-11-16-17-12(19-11)8-2-3-9(13)10(14)6-8/h2-3,6,15H,4-5,7H2,1H3. The van der Waals surface area contributed by atoms with Gasteiger partial charge >= 0.3 is 0 Å². The summed E-state index contributed by atoms with van der Waals surface area (Å²) in [5, 5.41) is 12.5. The van der Waals surface area contributed by atoms with Crippen molar-refractivity contribution in [3.8, 4) is 10.6 Å². The number of hydrogen-bond donors (Lipinski definition) is 1. The number of rotatable bonds is 6. The van der Waals surface area contributed by atoms with Crippen LogP contribution in [0.5, 0.6) is 0 Å². The van der Waals surface area contributed by atoms with Crippen molar-refractivity contribution in [3.63, 3.8) is 0 Å². The molecule has 0 fully saturated rings. The van der Waals surface area contributed by atoms with Gasteiger partial charge in [-0.2, -0.15) is 0 Å². The summed E-state index contributed by atoms with van der Waals surface area (Å²) in [5.74, 6) is -1.75. The van der Waals surface area contributed by atoms with Crippen molar-refractivity contribution in [2.24, 2.45) is 0 Å². The molecule has 0 unspecified atom stereocenters. The third-order valence-corrected chi connectivity index (χ3v) is 3.36. The van der Waals surface area contributed by atoms with Crippen molar-refractivity contribution in [1.82, 2.24) is 15.5 Å². The minimum absolute atomic E-state index is 0.527. The first-order valence-corrected chi connectivity index (χ1v) is 6.50. The molecule has 0 bridgehead atoms. The summed E-state index contributed by atoms with van der Waals surface area (Å²) in [6, 6.07) is 3.70. The highest BCUT2D eigenvalue weighted by Gasteiger charge is 2.09. The minimum Gasteiger partial charge on any atom is -0.383 e. The van der Waals surface area contributed by atoms with Gasteiger partial charge in [0.05, 0.1) is 6.61 Å². The van der Waals surface area contributed by atoms with Crippen LogP contribution in [0.4, 0.5) is 8.78 Å². The van der Waals surface area contributed by atoms with Crippen LogP contribution in [-0.2, 0) is 11.3 Å². The van der Waals surface area contributed by atoms with Crippen LogP contribution in [0, 0.1) is 11.6 Å². The zero-order valence-corrected chi connectivity index (χ0v) is 11.1. The lowest BCUT2D eigenvalue weighted by atomic mass is 10.2. The van der Waals surface area contributed by atoms with Crippen LogP contribution in [0.3, 0.4) is 0 Å². The van der Waals surface area contributed by atoms with Crippen LogP contribution in [0.1, 0.15) is 5.01 Å². The number of benzene rings is 1. The van der Waals surface area contributed by atoms with E-state index in [4.69, 9.17) is 4.74 Å². The summed E-state index contributed by atoms with van der Waals surface area (Å²) < 4.78 is 30.8. The molecule has 1 aromatic carbocycles. The lowest BCUT2D eigenvalue weighted by molar-refractivity contribution is 0.199. The normalized spacial score (nSPS) is 10.9. The van der Waals surface area contributed by atoms with Gasteiger partial charge in [0.15, 0.2) is 11.6 Å². The van der Waals surface area contributed by atoms with Crippen LogP contribution in [0.2, 0.25) is 0 Å². The Balaban J connectivity index is 2.01. The fourth-order valence-corrected chi connectivity index (χ4v) is 2.25. The number of methoxy groups -OCH3 is 1. The van der Waals surface area contributed by atoms with Crippen molar-refractivity contribution in [1.29, 1.82) is 0 Å². The van der Waals surface area contributed by atoms with Gasteiger partial charge in [0.2, 0.25) is 0 Å². The summed E-state index contributed by atoms with van der Waals surface area (Å²) in [7, 11) is 1.63. The number of aromatic nitrogens is 2. The van der Waals surface area contributed by atoms with Gasteiger partial charge in [-0.25, -0.2) is 8.78 Å². The van der Waals surface area contributed by atoms with Gasteiger partial charge in [0.25, 0.3) is 0 Å². The van der Waals surface area contributed by atoms with E-state index in [9.17, 15) is 8.78 Å². The van der Waals surface area contributed by atoms with Crippen molar-refractivity contribution < 1.29 is 13.5 Å². The molecule has 19 heavy (non-hydrogen) atoms. The van der Waals surface area contributed by atoms with Crippen LogP contribution >= 0.6 is 11.3 Å². The Morgan fingerprint density at radius 3 is 2.84 bits per heavy atom. The largest absolute Gasteiger partial charge is 0.383 e. The molecule has 0 amide bonds. The first kappa shape index (κ1) is 14.0. The molecule has 1 N–H and O–H groups in total. The monoisotopic (exact) mass is 285 g/mol. The summed E-state index contributed by atoms with van der Waals surface area (Å²) in [4.78, 5) is 0. The molecule has 2 aromatic rings. The number of ether oxygens (including phenoxy) is 1. The fourth-order valence-electron chi connectivity index (χ4n) is 1.44. The zero-order valence-electron chi connectivity index (χ0n) is 10.3. The van der Waals surface area contributed by atoms with Gasteiger partial charge < -0.3 is 10.1 Å². The molecule has 0 aliphatic heterocycles. The molecule has 1 aromatic heterocycles. The molecule has 0 aliphatic carbocycles. The maximum Gasteiger partial charge on any atom is 0.159 e. The van der Waals surface area contributed by atoms with Crippen LogP contribution in [-0.4, -0.2) is 30.5 Å². The molecule has 0 spiro atoms. The first-order chi connectivity index (χ1) is 9.20. The maximum absolute atomic E-state index is 13.1. The summed E-state index contributed by atoms with van der Waals surface area (Å²) in [5.41, 5.74) is 0.527. The second-order valence-electron chi connectivity index (χ2n) is 3.80. The molecule has 4 nitrogen and oxygen atoms in total. The average Bonchev–Trinajstić information content (AvgIpc) is 2.87. The van der Waals surface area contributed by atoms with Gasteiger partial charge in [0.1, 0.15) is 10.0 Å². The van der Waals surface area contributed by atoms with Gasteiger partial charge in [-0.1, -0.05) is 11.3 Å². The SMILES string of the molecule is COCCNCc1nnc(-c2ccc(F)c(F)c2)s1. The minimum atomic E-state index is -0.882. The molecule has 0 saturated carbocycles. The number of nitrogens with one attached hydrogen (secondary N) is 1. The third-order valence-electron chi connectivity index (χ3n) is 2.39. The van der Waals surface area contributed by atoms with E-state index in [2.05, 4.69) is 15.5 Å². The zero-order chi connectivity index (χ0) is 13.7. The summed E-state index contributed by atoms with van der Waals surface area (Å²) in [6.07, 6.45) is 0. The first-order valence-electron chi connectivity index (χ1n) is 5.68. The van der Waals surface area contributed by atoms with Gasteiger partial charge in [-0.05, 0) is 18.2 Å². The van der Waals surface area contributed by atoms with E-state index < -0.39 is 11.6 Å². The second-order valence-corrected chi connectivity index (χ2v) is 4.86. The topological polar surface area (TPSA) is 47.0 Å². The molecule has 0 atom stereocenters. The van der Waals surface area contributed by atoms with Gasteiger partial charge in [-0.3, -0.25) is 0 Å². The quantitative estimate of drug-likeness (QED) is 0.827. The van der Waals surface area contributed by atoms with Gasteiger partial charge in [-0.15, -0.1) is 10.2 Å². The highest BCUT2D eigenvalue weighted by atomic mass is 32.1. The van der Waals surface area contributed by atoms with E-state index >= 15 is 0 Å². The van der Waals surface area contributed by atoms with E-state index in [1.807, 2.05) is 0 Å². The van der Waals surface area contributed by atoms with Crippen molar-refractivity contribution in [2.75, 3.05) is 20.3 Å². The van der Waals surface area contributed by atoms with Crippen LogP contribution in [0.15, 0.2) is 18.2 Å². The predicted octanol–water partition coefficient (Wildman–Crippen LogP) is 2.22. The predicted molar refractivity (Wildman–Crippen MR) is 68.8 cm³/mol. The number of nitrogens with zero attached hydrogens (tertiary/aromatic N) is 2. The van der Waals surface area contributed by atoms with Crippen molar-refractivity contribution in [2.45, 2.75) is 6.54 Å². The van der Waals surface area contributed by atoms with Crippen molar-refractivity contribution >= 4 is 11.3 Å². The van der Waals surface area contributed by atoms with E-state index in [1.165, 1.54) is 17.4 Å². The van der Waals surface area contributed by atoms with E-state index in [0.717, 1.165) is 23.7 Å². The molecule has 7 heteroatoms. The molecular formula is C12H13F2N3OS. The smallest absolute Gasteiger partial charge is 0.159 e. The lowest BCUT2D eigenvalue weighted by Crippen LogP contribution is -2.18. The highest BCUT2D eigenvalue weighted by Crippen LogP contribution is 2.24. The van der Waals surface area contributed by atoms with Crippen LogP contribution < -0.4 is 5.32 Å². The van der Waals surface area contributed by atoms with E-state index in [1.54, 1.807) is 7.11 Å². The fraction of sp³-hybridized carbons (Fsp3) is 0.333. The summed E-state index contributed by atoms with van der Waals surface area (Å²) >= 11 is 1.34. The summed E-state index contributed by atoms with van der Waals surface area (Å²) in [6.45, 7) is 1.91. The molecule has 1 heterocycles. The number of hydrogen-bond acceptors (Lipinski definition) is 5. The maximum atomic E-state index is 13.1. The third kappa shape index (κ3) is 3.76.